The van der Waals surface area contributed by atoms with E-state index >= 15 is 0 Å². The first-order chi connectivity index (χ1) is 12.5. The third kappa shape index (κ3) is 3.07. The van der Waals surface area contributed by atoms with Gasteiger partial charge in [-0.05, 0) is 62.9 Å². The predicted molar refractivity (Wildman–Crippen MR) is 103 cm³/mol. The quantitative estimate of drug-likeness (QED) is 0.701. The van der Waals surface area contributed by atoms with Gasteiger partial charge in [0.1, 0.15) is 0 Å². The molecular weight excluding hydrogens is 322 g/mol. The number of carbonyl (C=O) groups is 1. The van der Waals surface area contributed by atoms with Crippen LogP contribution in [0.25, 0.3) is 10.9 Å². The van der Waals surface area contributed by atoms with Gasteiger partial charge in [-0.1, -0.05) is 17.7 Å². The highest BCUT2D eigenvalue weighted by Gasteiger charge is 2.38. The molecule has 3 aromatic rings. The Morgan fingerprint density at radius 2 is 1.96 bits per heavy atom. The molecule has 0 aliphatic heterocycles. The summed E-state index contributed by atoms with van der Waals surface area (Å²) in [6, 6.07) is 13.9. The summed E-state index contributed by atoms with van der Waals surface area (Å²) < 4.78 is 0. The summed E-state index contributed by atoms with van der Waals surface area (Å²) in [7, 11) is 1.90. The maximum absolute atomic E-state index is 13.4. The van der Waals surface area contributed by atoms with E-state index in [9.17, 15) is 4.79 Å². The van der Waals surface area contributed by atoms with E-state index in [2.05, 4.69) is 16.0 Å². The van der Waals surface area contributed by atoms with E-state index in [1.165, 1.54) is 0 Å². The Morgan fingerprint density at radius 1 is 1.15 bits per heavy atom. The average Bonchev–Trinajstić information content (AvgIpc) is 3.47. The lowest BCUT2D eigenvalue weighted by molar-refractivity contribution is 0.0709. The smallest absolute Gasteiger partial charge is 0.254 e. The van der Waals surface area contributed by atoms with Gasteiger partial charge in [0, 0.05) is 24.3 Å². The number of carbonyl (C=O) groups excluding carboxylic acids is 1. The molecule has 1 aromatic carbocycles. The Kier molecular flexibility index (Phi) is 4.19. The molecule has 26 heavy (non-hydrogen) atoms. The number of hydrogen-bond donors (Lipinski definition) is 0. The van der Waals surface area contributed by atoms with Gasteiger partial charge in [0.2, 0.25) is 0 Å². The highest BCUT2D eigenvalue weighted by Crippen LogP contribution is 2.44. The summed E-state index contributed by atoms with van der Waals surface area (Å²) in [6.45, 7) is 3.98. The standard InChI is InChI=1S/C22H23N3O/c1-14-7-10-19-17(12-14)18(13-15(2)24-19)22(26)25(3)21(16-8-9-16)20-6-4-5-11-23-20/h4-7,10-13,16,21H,8-9H2,1-3H3/t21-/m0/s1. The van der Waals surface area contributed by atoms with E-state index in [0.717, 1.165) is 46.3 Å². The minimum Gasteiger partial charge on any atom is -0.333 e. The van der Waals surface area contributed by atoms with Gasteiger partial charge in [-0.15, -0.1) is 0 Å². The minimum atomic E-state index is 0.0250. The van der Waals surface area contributed by atoms with Crippen molar-refractivity contribution < 1.29 is 4.79 Å². The molecule has 4 rings (SSSR count). The monoisotopic (exact) mass is 345 g/mol. The number of pyridine rings is 2. The molecule has 2 aromatic heterocycles. The van der Waals surface area contributed by atoms with Crippen molar-refractivity contribution in [1.29, 1.82) is 0 Å². The Balaban J connectivity index is 1.77. The Bertz CT molecular complexity index is 964. The molecule has 1 aliphatic carbocycles. The van der Waals surface area contributed by atoms with Crippen LogP contribution < -0.4 is 0 Å². The molecule has 132 valence electrons. The summed E-state index contributed by atoms with van der Waals surface area (Å²) in [6.07, 6.45) is 4.10. The van der Waals surface area contributed by atoms with Gasteiger partial charge in [0.05, 0.1) is 22.8 Å². The Hall–Kier alpha value is -2.75. The van der Waals surface area contributed by atoms with Crippen LogP contribution in [0, 0.1) is 19.8 Å². The van der Waals surface area contributed by atoms with Crippen molar-refractivity contribution in [2.24, 2.45) is 5.92 Å². The van der Waals surface area contributed by atoms with E-state index in [-0.39, 0.29) is 11.9 Å². The molecule has 0 spiro atoms. The molecule has 0 bridgehead atoms. The number of amides is 1. The number of aryl methyl sites for hydroxylation is 2. The van der Waals surface area contributed by atoms with Crippen LogP contribution in [0.15, 0.2) is 48.7 Å². The normalized spacial score (nSPS) is 15.0. The van der Waals surface area contributed by atoms with Crippen LogP contribution in [0.4, 0.5) is 0 Å². The molecule has 2 heterocycles. The van der Waals surface area contributed by atoms with Crippen LogP contribution >= 0.6 is 0 Å². The van der Waals surface area contributed by atoms with Crippen LogP contribution in [0.3, 0.4) is 0 Å². The number of rotatable bonds is 4. The number of fused-ring (bicyclic) bond motifs is 1. The van der Waals surface area contributed by atoms with Gasteiger partial charge in [0.15, 0.2) is 0 Å². The second kappa shape index (κ2) is 6.52. The van der Waals surface area contributed by atoms with Crippen LogP contribution in [0.2, 0.25) is 0 Å². The fraction of sp³-hybridized carbons (Fsp3) is 0.318. The molecule has 0 saturated heterocycles. The lowest BCUT2D eigenvalue weighted by Gasteiger charge is -2.28. The summed E-state index contributed by atoms with van der Waals surface area (Å²) in [5.41, 5.74) is 4.55. The second-order valence-corrected chi connectivity index (χ2v) is 7.28. The molecule has 0 unspecified atom stereocenters. The topological polar surface area (TPSA) is 46.1 Å². The van der Waals surface area contributed by atoms with Crippen molar-refractivity contribution >= 4 is 16.8 Å². The lowest BCUT2D eigenvalue weighted by atomic mass is 10.0. The van der Waals surface area contributed by atoms with E-state index in [1.807, 2.05) is 62.2 Å². The van der Waals surface area contributed by atoms with E-state index < -0.39 is 0 Å². The first kappa shape index (κ1) is 16.7. The van der Waals surface area contributed by atoms with Crippen molar-refractivity contribution in [1.82, 2.24) is 14.9 Å². The number of hydrogen-bond acceptors (Lipinski definition) is 3. The summed E-state index contributed by atoms with van der Waals surface area (Å²) >= 11 is 0. The van der Waals surface area contributed by atoms with Gasteiger partial charge in [-0.3, -0.25) is 14.8 Å². The zero-order valence-electron chi connectivity index (χ0n) is 15.4. The van der Waals surface area contributed by atoms with E-state index in [4.69, 9.17) is 0 Å². The van der Waals surface area contributed by atoms with E-state index in [0.29, 0.717) is 5.92 Å². The highest BCUT2D eigenvalue weighted by molar-refractivity contribution is 6.06. The average molecular weight is 345 g/mol. The first-order valence-electron chi connectivity index (χ1n) is 9.10. The van der Waals surface area contributed by atoms with Crippen molar-refractivity contribution in [3.8, 4) is 0 Å². The number of aromatic nitrogens is 2. The predicted octanol–water partition coefficient (Wildman–Crippen LogP) is 4.47. The molecule has 1 atom stereocenters. The summed E-state index contributed by atoms with van der Waals surface area (Å²) in [5, 5.41) is 0.919. The van der Waals surface area contributed by atoms with Gasteiger partial charge >= 0.3 is 0 Å². The van der Waals surface area contributed by atoms with Gasteiger partial charge in [0.25, 0.3) is 5.91 Å². The van der Waals surface area contributed by atoms with Crippen molar-refractivity contribution in [3.05, 3.63) is 71.2 Å². The second-order valence-electron chi connectivity index (χ2n) is 7.28. The molecule has 0 N–H and O–H groups in total. The largest absolute Gasteiger partial charge is 0.333 e. The molecule has 4 heteroatoms. The molecule has 1 aliphatic rings. The lowest BCUT2D eigenvalue weighted by Crippen LogP contribution is -2.33. The van der Waals surface area contributed by atoms with Crippen LogP contribution in [0.5, 0.6) is 0 Å². The molecule has 4 nitrogen and oxygen atoms in total. The third-order valence-corrected chi connectivity index (χ3v) is 5.12. The fourth-order valence-electron chi connectivity index (χ4n) is 3.68. The van der Waals surface area contributed by atoms with Crippen LogP contribution in [-0.4, -0.2) is 27.8 Å². The van der Waals surface area contributed by atoms with Gasteiger partial charge < -0.3 is 4.90 Å². The fourth-order valence-corrected chi connectivity index (χ4v) is 3.68. The Morgan fingerprint density at radius 3 is 2.65 bits per heavy atom. The number of nitrogens with zero attached hydrogens (tertiary/aromatic N) is 3. The van der Waals surface area contributed by atoms with Crippen molar-refractivity contribution in [2.75, 3.05) is 7.05 Å². The third-order valence-electron chi connectivity index (χ3n) is 5.12. The summed E-state index contributed by atoms with van der Waals surface area (Å²) in [4.78, 5) is 24.4. The minimum absolute atomic E-state index is 0.0250. The number of benzene rings is 1. The molecule has 1 fully saturated rings. The maximum Gasteiger partial charge on any atom is 0.254 e. The molecule has 1 saturated carbocycles. The zero-order chi connectivity index (χ0) is 18.3. The van der Waals surface area contributed by atoms with Gasteiger partial charge in [-0.25, -0.2) is 0 Å². The first-order valence-corrected chi connectivity index (χ1v) is 9.10. The van der Waals surface area contributed by atoms with Gasteiger partial charge in [-0.2, -0.15) is 0 Å². The SMILES string of the molecule is Cc1ccc2nc(C)cc(C(=O)N(C)[C@H](c3ccccn3)C3CC3)c2c1. The molecule has 0 radical (unpaired) electrons. The van der Waals surface area contributed by atoms with Crippen LogP contribution in [-0.2, 0) is 0 Å². The van der Waals surface area contributed by atoms with Crippen molar-refractivity contribution in [3.63, 3.8) is 0 Å². The van der Waals surface area contributed by atoms with E-state index in [1.54, 1.807) is 6.20 Å². The molecule has 1 amide bonds. The zero-order valence-corrected chi connectivity index (χ0v) is 15.4. The summed E-state index contributed by atoms with van der Waals surface area (Å²) in [5.74, 6) is 0.531. The maximum atomic E-state index is 13.4. The Labute approximate surface area is 153 Å². The molecular formula is C22H23N3O. The van der Waals surface area contributed by atoms with Crippen molar-refractivity contribution in [2.45, 2.75) is 32.7 Å². The van der Waals surface area contributed by atoms with Crippen LogP contribution in [0.1, 0.15) is 46.2 Å². The highest BCUT2D eigenvalue weighted by atomic mass is 16.2.